The van der Waals surface area contributed by atoms with E-state index in [4.69, 9.17) is 12.2 Å². The lowest BCUT2D eigenvalue weighted by atomic mass is 10.4. The molecule has 0 atom stereocenters. The summed E-state index contributed by atoms with van der Waals surface area (Å²) >= 11 is 8.68. The molecule has 0 spiro atoms. The predicted octanol–water partition coefficient (Wildman–Crippen LogP) is 3.03. The van der Waals surface area contributed by atoms with Gasteiger partial charge in [-0.3, -0.25) is 0 Å². The van der Waals surface area contributed by atoms with Gasteiger partial charge in [0.15, 0.2) is 0 Å². The molecule has 0 nitrogen and oxygen atoms in total. The molecular formula is C6H6S3. The van der Waals surface area contributed by atoms with E-state index in [2.05, 4.69) is 0 Å². The monoisotopic (exact) mass is 174 g/mol. The largest absolute Gasteiger partial charge is 0.144 e. The molecule has 1 heterocycles. The molecular weight excluding hydrogens is 168 g/mol. The molecule has 0 aromatic carbocycles. The highest BCUT2D eigenvalue weighted by atomic mass is 32.2. The maximum atomic E-state index is 5.06. The van der Waals surface area contributed by atoms with Crippen LogP contribution in [0.3, 0.4) is 0 Å². The highest BCUT2D eigenvalue weighted by molar-refractivity contribution is 7.76. The average molecular weight is 174 g/mol. The van der Waals surface area contributed by atoms with Crippen LogP contribution in [0.25, 0.3) is 0 Å². The zero-order valence-electron chi connectivity index (χ0n) is 4.85. The number of hydrogen-bond acceptors (Lipinski definition) is 3. The van der Waals surface area contributed by atoms with Gasteiger partial charge in [-0.05, 0) is 19.3 Å². The predicted molar refractivity (Wildman–Crippen MR) is 45.1 cm³/mol. The lowest BCUT2D eigenvalue weighted by Gasteiger charge is -1.77. The normalized spacial score (nSPS) is 16.0. The molecule has 0 fully saturated rings. The van der Waals surface area contributed by atoms with Gasteiger partial charge in [0.1, 0.15) is 3.14 Å². The van der Waals surface area contributed by atoms with Crippen LogP contribution in [0.4, 0.5) is 0 Å². The van der Waals surface area contributed by atoms with E-state index >= 15 is 0 Å². The van der Waals surface area contributed by atoms with Crippen molar-refractivity contribution in [2.75, 3.05) is 0 Å². The van der Waals surface area contributed by atoms with Crippen LogP contribution in [-0.4, -0.2) is 0 Å². The van der Waals surface area contributed by atoms with Crippen molar-refractivity contribution in [3.63, 3.8) is 0 Å². The van der Waals surface area contributed by atoms with Gasteiger partial charge in [0.25, 0.3) is 0 Å². The molecule has 9 heavy (non-hydrogen) atoms. The molecule has 1 aliphatic rings. The maximum Gasteiger partial charge on any atom is 0.144 e. The minimum atomic E-state index is 1.11. The molecule has 48 valence electrons. The third-order valence-corrected chi connectivity index (χ3v) is 4.39. The average Bonchev–Trinajstić information content (AvgIpc) is 2.22. The van der Waals surface area contributed by atoms with Gasteiger partial charge in [0, 0.05) is 9.75 Å². The summed E-state index contributed by atoms with van der Waals surface area (Å²) in [6, 6.07) is 0. The third kappa shape index (κ3) is 0.974. The van der Waals surface area contributed by atoms with Gasteiger partial charge in [-0.1, -0.05) is 12.2 Å². The second-order valence-electron chi connectivity index (χ2n) is 2.15. The van der Waals surface area contributed by atoms with Crippen LogP contribution in [-0.2, 0) is 12.8 Å². The second kappa shape index (κ2) is 2.15. The van der Waals surface area contributed by atoms with Crippen molar-refractivity contribution < 1.29 is 0 Å². The molecule has 3 heteroatoms. The molecule has 2 rings (SSSR count). The molecule has 0 radical (unpaired) electrons. The van der Waals surface area contributed by atoms with E-state index in [0.29, 0.717) is 0 Å². The zero-order valence-corrected chi connectivity index (χ0v) is 7.30. The summed E-state index contributed by atoms with van der Waals surface area (Å²) in [5.74, 6) is 0. The molecule has 0 amide bonds. The third-order valence-electron chi connectivity index (χ3n) is 1.53. The van der Waals surface area contributed by atoms with E-state index in [1.54, 1.807) is 9.75 Å². The molecule has 0 saturated heterocycles. The van der Waals surface area contributed by atoms with Gasteiger partial charge in [-0.2, -0.15) is 0 Å². The summed E-state index contributed by atoms with van der Waals surface area (Å²) in [6.45, 7) is 0. The first-order valence-electron chi connectivity index (χ1n) is 2.98. The second-order valence-corrected chi connectivity index (χ2v) is 5.55. The first-order chi connectivity index (χ1) is 4.36. The van der Waals surface area contributed by atoms with E-state index in [-0.39, 0.29) is 0 Å². The van der Waals surface area contributed by atoms with Crippen LogP contribution in [0.1, 0.15) is 16.2 Å². The van der Waals surface area contributed by atoms with Crippen LogP contribution in [0.15, 0.2) is 0 Å². The van der Waals surface area contributed by atoms with Crippen LogP contribution in [0, 0.1) is 3.14 Å². The number of fused-ring (bicyclic) bond motifs is 1. The summed E-state index contributed by atoms with van der Waals surface area (Å²) in [6.07, 6.45) is 3.92. The highest BCUT2D eigenvalue weighted by Crippen LogP contribution is 2.32. The van der Waals surface area contributed by atoms with Gasteiger partial charge >= 0.3 is 0 Å². The fourth-order valence-electron chi connectivity index (χ4n) is 1.13. The molecule has 0 aliphatic heterocycles. The van der Waals surface area contributed by atoms with Crippen LogP contribution in [0.2, 0.25) is 0 Å². The van der Waals surface area contributed by atoms with Crippen molar-refractivity contribution in [2.45, 2.75) is 19.3 Å². The van der Waals surface area contributed by atoms with E-state index in [0.717, 1.165) is 3.14 Å². The van der Waals surface area contributed by atoms with Crippen LogP contribution < -0.4 is 0 Å². The first-order valence-corrected chi connectivity index (χ1v) is 5.02. The first kappa shape index (κ1) is 6.01. The summed E-state index contributed by atoms with van der Waals surface area (Å²) in [5.41, 5.74) is 0. The fourth-order valence-corrected chi connectivity index (χ4v) is 4.08. The van der Waals surface area contributed by atoms with Crippen molar-refractivity contribution in [3.8, 4) is 0 Å². The van der Waals surface area contributed by atoms with Gasteiger partial charge < -0.3 is 0 Å². The summed E-state index contributed by atoms with van der Waals surface area (Å²) in [4.78, 5) is 3.12. The Labute approximate surface area is 67.2 Å². The molecule has 1 aromatic heterocycles. The van der Waals surface area contributed by atoms with Gasteiger partial charge in [0.05, 0.1) is 0 Å². The standard InChI is InChI=1S/C6H6S3/c7-6-8-4-2-1-3-5(4)9-6/h1-3H2. The Balaban J connectivity index is 2.64. The Morgan fingerprint density at radius 1 is 1.11 bits per heavy atom. The molecule has 0 bridgehead atoms. The van der Waals surface area contributed by atoms with Gasteiger partial charge in [0.2, 0.25) is 0 Å². The minimum absolute atomic E-state index is 1.11. The summed E-state index contributed by atoms with van der Waals surface area (Å²) in [5, 5.41) is 0. The molecule has 0 unspecified atom stereocenters. The van der Waals surface area contributed by atoms with Crippen LogP contribution >= 0.6 is 34.9 Å². The van der Waals surface area contributed by atoms with Gasteiger partial charge in [-0.15, -0.1) is 22.7 Å². The lowest BCUT2D eigenvalue weighted by molar-refractivity contribution is 0.920. The maximum absolute atomic E-state index is 5.06. The Morgan fingerprint density at radius 3 is 2.22 bits per heavy atom. The number of hydrogen-bond donors (Lipinski definition) is 0. The summed E-state index contributed by atoms with van der Waals surface area (Å²) < 4.78 is 1.11. The zero-order chi connectivity index (χ0) is 6.27. The Bertz CT molecular complexity index is 244. The van der Waals surface area contributed by atoms with Gasteiger partial charge in [-0.25, -0.2) is 0 Å². The molecule has 1 aromatic rings. The molecule has 0 N–H and O–H groups in total. The SMILES string of the molecule is S=c1sc2c(s1)CCC2. The lowest BCUT2D eigenvalue weighted by Crippen LogP contribution is -1.64. The van der Waals surface area contributed by atoms with Crippen LogP contribution in [0.5, 0.6) is 0 Å². The summed E-state index contributed by atoms with van der Waals surface area (Å²) in [7, 11) is 0. The Hall–Kier alpha value is 0.270. The topological polar surface area (TPSA) is 0 Å². The van der Waals surface area contributed by atoms with E-state index in [1.807, 2.05) is 22.7 Å². The minimum Gasteiger partial charge on any atom is -0.118 e. The van der Waals surface area contributed by atoms with Crippen molar-refractivity contribution in [1.29, 1.82) is 0 Å². The van der Waals surface area contributed by atoms with Crippen molar-refractivity contribution >= 4 is 34.9 Å². The van der Waals surface area contributed by atoms with Crippen molar-refractivity contribution in [1.82, 2.24) is 0 Å². The van der Waals surface area contributed by atoms with Crippen molar-refractivity contribution in [2.24, 2.45) is 0 Å². The fraction of sp³-hybridized carbons (Fsp3) is 0.500. The Kier molecular flexibility index (Phi) is 1.43. The number of rotatable bonds is 0. The van der Waals surface area contributed by atoms with E-state index in [9.17, 15) is 0 Å². The molecule has 0 saturated carbocycles. The smallest absolute Gasteiger partial charge is 0.118 e. The quantitative estimate of drug-likeness (QED) is 0.545. The van der Waals surface area contributed by atoms with E-state index < -0.39 is 0 Å². The number of aryl methyl sites for hydroxylation is 2. The van der Waals surface area contributed by atoms with Crippen molar-refractivity contribution in [3.05, 3.63) is 12.9 Å². The van der Waals surface area contributed by atoms with E-state index in [1.165, 1.54) is 19.3 Å². The Morgan fingerprint density at radius 2 is 1.67 bits per heavy atom. The highest BCUT2D eigenvalue weighted by Gasteiger charge is 2.12. The molecule has 1 aliphatic carbocycles.